The van der Waals surface area contributed by atoms with Crippen molar-refractivity contribution in [3.63, 3.8) is 0 Å². The van der Waals surface area contributed by atoms with Crippen LogP contribution in [-0.2, 0) is 6.18 Å². The molecule has 1 amide bonds. The lowest BCUT2D eigenvalue weighted by Gasteiger charge is -2.63. The molecule has 0 heterocycles. The average Bonchev–Trinajstić information content (AvgIpc) is 2.69. The summed E-state index contributed by atoms with van der Waals surface area (Å²) in [6.45, 7) is 9.60. The van der Waals surface area contributed by atoms with E-state index in [0.29, 0.717) is 5.56 Å². The summed E-state index contributed by atoms with van der Waals surface area (Å²) in [5.41, 5.74) is -0.938. The van der Waals surface area contributed by atoms with Crippen molar-refractivity contribution in [1.29, 1.82) is 5.26 Å². The molecule has 0 saturated heterocycles. The van der Waals surface area contributed by atoms with E-state index in [1.54, 1.807) is 18.2 Å². The number of carbonyl (C=O) groups is 1. The van der Waals surface area contributed by atoms with Gasteiger partial charge in [-0.05, 0) is 37.3 Å². The molecule has 0 aromatic heterocycles. The van der Waals surface area contributed by atoms with Crippen LogP contribution in [0.2, 0.25) is 0 Å². The molecule has 3 rings (SSSR count). The fourth-order valence-electron chi connectivity index (χ4n) is 4.78. The van der Waals surface area contributed by atoms with Gasteiger partial charge < -0.3 is 10.1 Å². The molecule has 1 aliphatic rings. The Morgan fingerprint density at radius 2 is 1.65 bits per heavy atom. The fourth-order valence-corrected chi connectivity index (χ4v) is 4.78. The molecule has 0 radical (unpaired) electrons. The van der Waals surface area contributed by atoms with Crippen molar-refractivity contribution in [3.8, 4) is 11.8 Å². The van der Waals surface area contributed by atoms with Crippen LogP contribution in [0.5, 0.6) is 5.75 Å². The molecule has 0 spiro atoms. The topological polar surface area (TPSA) is 62.1 Å². The second-order valence-electron chi connectivity index (χ2n) is 9.23. The maximum absolute atomic E-state index is 13.3. The largest absolute Gasteiger partial charge is 0.489 e. The number of amides is 1. The monoisotopic (exact) mass is 430 g/mol. The van der Waals surface area contributed by atoms with Crippen LogP contribution in [0.3, 0.4) is 0 Å². The molecule has 1 N–H and O–H groups in total. The number of hydrogen-bond acceptors (Lipinski definition) is 3. The number of benzene rings is 2. The molecule has 1 aliphatic carbocycles. The summed E-state index contributed by atoms with van der Waals surface area (Å²) in [5.74, 6) is -0.164. The Hall–Kier alpha value is -3.01. The van der Waals surface area contributed by atoms with E-state index in [1.807, 2.05) is 46.8 Å². The Balaban J connectivity index is 1.81. The Morgan fingerprint density at radius 1 is 1.06 bits per heavy atom. The van der Waals surface area contributed by atoms with Crippen LogP contribution in [0, 0.1) is 29.1 Å². The lowest BCUT2D eigenvalue weighted by atomic mass is 9.49. The van der Waals surface area contributed by atoms with Gasteiger partial charge >= 0.3 is 6.18 Å². The highest BCUT2D eigenvalue weighted by atomic mass is 19.4. The first-order chi connectivity index (χ1) is 14.3. The molecule has 1 saturated carbocycles. The van der Waals surface area contributed by atoms with E-state index in [9.17, 15) is 18.0 Å². The third kappa shape index (κ3) is 4.12. The van der Waals surface area contributed by atoms with Crippen LogP contribution in [-0.4, -0.2) is 18.1 Å². The number of carbonyl (C=O) groups excluding carboxylic acids is 1. The molecular formula is C24H25F3N2O2. The number of ether oxygens (including phenoxy) is 1. The first-order valence-corrected chi connectivity index (χ1v) is 9.94. The van der Waals surface area contributed by atoms with Gasteiger partial charge in [0.2, 0.25) is 0 Å². The van der Waals surface area contributed by atoms with Crippen LogP contribution in [0.25, 0.3) is 0 Å². The van der Waals surface area contributed by atoms with Gasteiger partial charge in [0.1, 0.15) is 11.9 Å². The van der Waals surface area contributed by atoms with Crippen molar-refractivity contribution in [3.05, 3.63) is 64.7 Å². The van der Waals surface area contributed by atoms with Gasteiger partial charge in [-0.2, -0.15) is 18.4 Å². The van der Waals surface area contributed by atoms with Gasteiger partial charge in [0.25, 0.3) is 5.91 Å². The standard InChI is InChI=1S/C24H25F3N2O2/c1-14-6-8-15(9-7-14)19(30)29-20-22(2,3)21(23(20,4)5)31-17-11-10-16(13-28)18(12-17)24(25,26)27/h6-12,20-21H,1-5H3,(H,29,30). The molecule has 7 heteroatoms. The number of aryl methyl sites for hydroxylation is 1. The Bertz CT molecular complexity index is 1020. The summed E-state index contributed by atoms with van der Waals surface area (Å²) >= 11 is 0. The minimum Gasteiger partial charge on any atom is -0.489 e. The van der Waals surface area contributed by atoms with Crippen molar-refractivity contribution in [2.45, 2.75) is 52.9 Å². The number of hydrogen-bond donors (Lipinski definition) is 1. The number of nitrogens with zero attached hydrogens (tertiary/aromatic N) is 1. The van der Waals surface area contributed by atoms with Crippen molar-refractivity contribution < 1.29 is 22.7 Å². The van der Waals surface area contributed by atoms with Gasteiger partial charge in [0.05, 0.1) is 17.2 Å². The third-order valence-corrected chi connectivity index (χ3v) is 6.10. The lowest BCUT2D eigenvalue weighted by molar-refractivity contribution is -0.164. The van der Waals surface area contributed by atoms with E-state index in [0.717, 1.165) is 17.7 Å². The molecule has 2 aromatic rings. The molecule has 0 atom stereocenters. The smallest absolute Gasteiger partial charge is 0.417 e. The summed E-state index contributed by atoms with van der Waals surface area (Å²) in [4.78, 5) is 12.7. The number of alkyl halides is 3. The summed E-state index contributed by atoms with van der Waals surface area (Å²) in [5, 5.41) is 12.0. The average molecular weight is 430 g/mol. The zero-order chi connectivity index (χ0) is 23.2. The van der Waals surface area contributed by atoms with Crippen LogP contribution < -0.4 is 10.1 Å². The van der Waals surface area contributed by atoms with E-state index in [2.05, 4.69) is 5.32 Å². The minimum atomic E-state index is -4.65. The third-order valence-electron chi connectivity index (χ3n) is 6.10. The predicted molar refractivity (Wildman–Crippen MR) is 111 cm³/mol. The van der Waals surface area contributed by atoms with Crippen molar-refractivity contribution >= 4 is 5.91 Å². The summed E-state index contributed by atoms with van der Waals surface area (Å²) in [7, 11) is 0. The highest BCUT2D eigenvalue weighted by molar-refractivity contribution is 5.94. The maximum atomic E-state index is 13.3. The van der Waals surface area contributed by atoms with Crippen molar-refractivity contribution in [1.82, 2.24) is 5.32 Å². The zero-order valence-electron chi connectivity index (χ0n) is 18.1. The van der Waals surface area contributed by atoms with Gasteiger partial charge in [0, 0.05) is 22.4 Å². The first kappa shape index (κ1) is 22.7. The highest BCUT2D eigenvalue weighted by Crippen LogP contribution is 2.55. The molecule has 1 fully saturated rings. The van der Waals surface area contributed by atoms with Gasteiger partial charge in [-0.3, -0.25) is 4.79 Å². The number of halogens is 3. The quantitative estimate of drug-likeness (QED) is 0.697. The first-order valence-electron chi connectivity index (χ1n) is 9.94. The van der Waals surface area contributed by atoms with Gasteiger partial charge in [-0.15, -0.1) is 0 Å². The summed E-state index contributed by atoms with van der Waals surface area (Å²) in [6.07, 6.45) is -5.10. The Kier molecular flexibility index (Phi) is 5.56. The highest BCUT2D eigenvalue weighted by Gasteiger charge is 2.64. The fraction of sp³-hybridized carbons (Fsp3) is 0.417. The Morgan fingerprint density at radius 3 is 2.16 bits per heavy atom. The minimum absolute atomic E-state index is 0.0424. The second-order valence-corrected chi connectivity index (χ2v) is 9.23. The molecule has 0 unspecified atom stereocenters. The van der Waals surface area contributed by atoms with Gasteiger partial charge in [0.15, 0.2) is 0 Å². The van der Waals surface area contributed by atoms with Gasteiger partial charge in [-0.25, -0.2) is 0 Å². The summed E-state index contributed by atoms with van der Waals surface area (Å²) < 4.78 is 45.9. The normalized spacial score (nSPS) is 21.5. The van der Waals surface area contributed by atoms with Crippen LogP contribution in [0.4, 0.5) is 13.2 Å². The van der Waals surface area contributed by atoms with E-state index in [4.69, 9.17) is 10.00 Å². The van der Waals surface area contributed by atoms with E-state index >= 15 is 0 Å². The number of nitrogens with one attached hydrogen (secondary N) is 1. The lowest BCUT2D eigenvalue weighted by Crippen LogP contribution is -2.74. The molecule has 0 bridgehead atoms. The van der Waals surface area contributed by atoms with Crippen LogP contribution >= 0.6 is 0 Å². The molecule has 2 aromatic carbocycles. The molecule has 164 valence electrons. The molecule has 0 aliphatic heterocycles. The van der Waals surface area contributed by atoms with E-state index in [1.165, 1.54) is 6.07 Å². The van der Waals surface area contributed by atoms with Crippen molar-refractivity contribution in [2.75, 3.05) is 0 Å². The number of nitriles is 1. The molecule has 31 heavy (non-hydrogen) atoms. The second kappa shape index (κ2) is 7.60. The Labute approximate surface area is 180 Å². The summed E-state index contributed by atoms with van der Waals surface area (Å²) in [6, 6.07) is 11.9. The predicted octanol–water partition coefficient (Wildman–Crippen LogP) is 5.50. The number of rotatable bonds is 4. The molecule has 4 nitrogen and oxygen atoms in total. The maximum Gasteiger partial charge on any atom is 0.417 e. The van der Waals surface area contributed by atoms with Crippen LogP contribution in [0.1, 0.15) is 54.7 Å². The van der Waals surface area contributed by atoms with Crippen LogP contribution in [0.15, 0.2) is 42.5 Å². The molecular weight excluding hydrogens is 405 g/mol. The van der Waals surface area contributed by atoms with Crippen molar-refractivity contribution in [2.24, 2.45) is 10.8 Å². The van der Waals surface area contributed by atoms with E-state index < -0.39 is 34.2 Å². The van der Waals surface area contributed by atoms with Gasteiger partial charge in [-0.1, -0.05) is 45.4 Å². The SMILES string of the molecule is Cc1ccc(C(=O)NC2C(C)(C)C(Oc3ccc(C#N)c(C(F)(F)F)c3)C2(C)C)cc1. The van der Waals surface area contributed by atoms with E-state index in [-0.39, 0.29) is 17.7 Å². The zero-order valence-corrected chi connectivity index (χ0v) is 18.1.